The molecule has 0 spiro atoms. The zero-order valence-electron chi connectivity index (χ0n) is 14.4. The lowest BCUT2D eigenvalue weighted by Crippen LogP contribution is -2.45. The van der Waals surface area contributed by atoms with E-state index in [0.717, 1.165) is 31.4 Å². The van der Waals surface area contributed by atoms with Gasteiger partial charge in [0.15, 0.2) is 5.78 Å². The lowest BCUT2D eigenvalue weighted by atomic mass is 10.00. The van der Waals surface area contributed by atoms with Crippen LogP contribution in [0, 0.1) is 0 Å². The maximum atomic E-state index is 12.7. The molecule has 0 N–H and O–H groups in total. The van der Waals surface area contributed by atoms with E-state index >= 15 is 0 Å². The van der Waals surface area contributed by atoms with Crippen molar-refractivity contribution in [2.75, 3.05) is 6.54 Å². The van der Waals surface area contributed by atoms with E-state index in [1.54, 1.807) is 0 Å². The van der Waals surface area contributed by atoms with Crippen LogP contribution >= 0.6 is 0 Å². The minimum absolute atomic E-state index is 0.0426. The molecule has 1 rings (SSSR count). The molecule has 21 heavy (non-hydrogen) atoms. The van der Waals surface area contributed by atoms with Crippen molar-refractivity contribution in [3.63, 3.8) is 0 Å². The average Bonchev–Trinajstić information content (AvgIpc) is 2.53. The van der Waals surface area contributed by atoms with Crippen molar-refractivity contribution >= 4 is 5.78 Å². The van der Waals surface area contributed by atoms with Crippen molar-refractivity contribution in [1.82, 2.24) is 4.90 Å². The Labute approximate surface area is 130 Å². The molecule has 0 amide bonds. The van der Waals surface area contributed by atoms with Crippen LogP contribution in [0.4, 0.5) is 0 Å². The lowest BCUT2D eigenvalue weighted by Gasteiger charge is -2.33. The molecule has 1 aromatic rings. The van der Waals surface area contributed by atoms with Gasteiger partial charge in [-0.25, -0.2) is 0 Å². The van der Waals surface area contributed by atoms with Gasteiger partial charge in [0, 0.05) is 11.6 Å². The van der Waals surface area contributed by atoms with Gasteiger partial charge in [-0.3, -0.25) is 9.69 Å². The fourth-order valence-corrected chi connectivity index (χ4v) is 2.67. The van der Waals surface area contributed by atoms with Crippen LogP contribution < -0.4 is 0 Å². The molecule has 0 bridgehead atoms. The monoisotopic (exact) mass is 289 g/mol. The van der Waals surface area contributed by atoms with Gasteiger partial charge < -0.3 is 0 Å². The first kappa shape index (κ1) is 17.9. The van der Waals surface area contributed by atoms with Crippen LogP contribution in [0.1, 0.15) is 69.8 Å². The highest BCUT2D eigenvalue weighted by molar-refractivity contribution is 5.99. The van der Waals surface area contributed by atoms with Crippen molar-refractivity contribution < 1.29 is 4.79 Å². The van der Waals surface area contributed by atoms with Gasteiger partial charge in [0.2, 0.25) is 0 Å². The van der Waals surface area contributed by atoms with Crippen molar-refractivity contribution in [3.8, 4) is 0 Å². The molecular weight excluding hydrogens is 258 g/mol. The molecule has 2 heteroatoms. The maximum absolute atomic E-state index is 12.7. The van der Waals surface area contributed by atoms with Gasteiger partial charge in [-0.2, -0.15) is 0 Å². The van der Waals surface area contributed by atoms with Crippen LogP contribution in [0.2, 0.25) is 0 Å². The summed E-state index contributed by atoms with van der Waals surface area (Å²) in [6.45, 7) is 11.8. The number of benzene rings is 1. The average molecular weight is 289 g/mol. The molecule has 0 radical (unpaired) electrons. The number of aryl methyl sites for hydroxylation is 1. The number of unbranched alkanes of at least 4 members (excludes halogenated alkanes) is 1. The fourth-order valence-electron chi connectivity index (χ4n) is 2.67. The molecule has 0 fully saturated rings. The number of carbonyl (C=O) groups is 1. The third kappa shape index (κ3) is 4.96. The largest absolute Gasteiger partial charge is 0.292 e. The predicted molar refractivity (Wildman–Crippen MR) is 91.0 cm³/mol. The first-order valence-electron chi connectivity index (χ1n) is 8.43. The Balaban J connectivity index is 2.84. The Hall–Kier alpha value is -1.15. The van der Waals surface area contributed by atoms with Crippen molar-refractivity contribution in [3.05, 3.63) is 35.4 Å². The van der Waals surface area contributed by atoms with E-state index in [9.17, 15) is 4.79 Å². The summed E-state index contributed by atoms with van der Waals surface area (Å²) >= 11 is 0. The van der Waals surface area contributed by atoms with Crippen molar-refractivity contribution in [1.29, 1.82) is 0 Å². The maximum Gasteiger partial charge on any atom is 0.179 e. The first-order chi connectivity index (χ1) is 10.0. The smallest absolute Gasteiger partial charge is 0.179 e. The number of ketones is 1. The summed E-state index contributed by atoms with van der Waals surface area (Å²) in [6, 6.07) is 8.50. The molecule has 1 aromatic carbocycles. The van der Waals surface area contributed by atoms with Crippen LogP contribution in [0.25, 0.3) is 0 Å². The molecule has 118 valence electrons. The van der Waals surface area contributed by atoms with Crippen molar-refractivity contribution in [2.45, 2.75) is 72.4 Å². The number of rotatable bonds is 9. The Bertz CT molecular complexity index is 424. The van der Waals surface area contributed by atoms with Gasteiger partial charge in [0.25, 0.3) is 0 Å². The zero-order valence-corrected chi connectivity index (χ0v) is 14.4. The SMILES string of the molecule is CCCCN(C(C)CC)C(C)C(=O)c1ccc(CC)cc1. The summed E-state index contributed by atoms with van der Waals surface area (Å²) in [5, 5.41) is 0. The van der Waals surface area contributed by atoms with Gasteiger partial charge in [-0.1, -0.05) is 51.5 Å². The molecule has 2 nitrogen and oxygen atoms in total. The van der Waals surface area contributed by atoms with E-state index in [4.69, 9.17) is 0 Å². The van der Waals surface area contributed by atoms with Crippen LogP contribution in [0.15, 0.2) is 24.3 Å². The van der Waals surface area contributed by atoms with E-state index < -0.39 is 0 Å². The summed E-state index contributed by atoms with van der Waals surface area (Å²) in [5.74, 6) is 0.244. The van der Waals surface area contributed by atoms with E-state index in [2.05, 4.69) is 51.7 Å². The second kappa shape index (κ2) is 8.99. The summed E-state index contributed by atoms with van der Waals surface area (Å²) in [6.07, 6.45) is 4.41. The Morgan fingerprint density at radius 3 is 2.19 bits per heavy atom. The van der Waals surface area contributed by atoms with E-state index in [0.29, 0.717) is 6.04 Å². The van der Waals surface area contributed by atoms with Gasteiger partial charge in [-0.15, -0.1) is 0 Å². The van der Waals surface area contributed by atoms with E-state index in [-0.39, 0.29) is 11.8 Å². The summed E-state index contributed by atoms with van der Waals surface area (Å²) < 4.78 is 0. The summed E-state index contributed by atoms with van der Waals surface area (Å²) in [5.41, 5.74) is 2.12. The highest BCUT2D eigenvalue weighted by Crippen LogP contribution is 2.16. The number of Topliss-reactive ketones (excluding diaryl/α,β-unsaturated/α-hetero) is 1. The molecular formula is C19H31NO. The molecule has 0 aliphatic rings. The van der Waals surface area contributed by atoms with Crippen LogP contribution in [0.3, 0.4) is 0 Å². The van der Waals surface area contributed by atoms with E-state index in [1.165, 1.54) is 12.0 Å². The number of nitrogens with zero attached hydrogens (tertiary/aromatic N) is 1. The zero-order chi connectivity index (χ0) is 15.8. The van der Waals surface area contributed by atoms with Gasteiger partial charge in [0.1, 0.15) is 0 Å². The third-order valence-electron chi connectivity index (χ3n) is 4.45. The standard InChI is InChI=1S/C19H31NO/c1-6-9-14-20(15(4)7-2)16(5)19(21)18-12-10-17(8-3)11-13-18/h10-13,15-16H,6-9,14H2,1-5H3. The number of hydrogen-bond donors (Lipinski definition) is 0. The minimum Gasteiger partial charge on any atom is -0.292 e. The number of hydrogen-bond acceptors (Lipinski definition) is 2. The molecule has 0 aromatic heterocycles. The summed E-state index contributed by atoms with van der Waals surface area (Å²) in [4.78, 5) is 15.1. The predicted octanol–water partition coefficient (Wildman–Crippen LogP) is 4.72. The van der Waals surface area contributed by atoms with E-state index in [1.807, 2.05) is 12.1 Å². The van der Waals surface area contributed by atoms with Gasteiger partial charge >= 0.3 is 0 Å². The van der Waals surface area contributed by atoms with Crippen LogP contribution in [-0.2, 0) is 6.42 Å². The highest BCUT2D eigenvalue weighted by atomic mass is 16.1. The first-order valence-corrected chi connectivity index (χ1v) is 8.43. The number of carbonyl (C=O) groups excluding carboxylic acids is 1. The highest BCUT2D eigenvalue weighted by Gasteiger charge is 2.25. The molecule has 2 unspecified atom stereocenters. The molecule has 0 saturated carbocycles. The molecule has 0 aliphatic heterocycles. The van der Waals surface area contributed by atoms with Gasteiger partial charge in [0.05, 0.1) is 6.04 Å². The Kier molecular flexibility index (Phi) is 7.66. The Morgan fingerprint density at radius 1 is 1.10 bits per heavy atom. The fraction of sp³-hybridized carbons (Fsp3) is 0.632. The lowest BCUT2D eigenvalue weighted by molar-refractivity contribution is 0.0766. The topological polar surface area (TPSA) is 20.3 Å². The molecule has 0 aliphatic carbocycles. The third-order valence-corrected chi connectivity index (χ3v) is 4.45. The van der Waals surface area contributed by atoms with Crippen LogP contribution in [-0.4, -0.2) is 29.3 Å². The Morgan fingerprint density at radius 2 is 1.71 bits per heavy atom. The van der Waals surface area contributed by atoms with Crippen LogP contribution in [0.5, 0.6) is 0 Å². The summed E-state index contributed by atoms with van der Waals surface area (Å²) in [7, 11) is 0. The minimum atomic E-state index is -0.0426. The second-order valence-electron chi connectivity index (χ2n) is 5.94. The van der Waals surface area contributed by atoms with Crippen molar-refractivity contribution in [2.24, 2.45) is 0 Å². The molecule has 0 heterocycles. The normalized spacial score (nSPS) is 14.2. The second-order valence-corrected chi connectivity index (χ2v) is 5.94. The molecule has 2 atom stereocenters. The molecule has 0 saturated heterocycles. The quantitative estimate of drug-likeness (QED) is 0.613. The van der Waals surface area contributed by atoms with Gasteiger partial charge in [-0.05, 0) is 45.2 Å².